The van der Waals surface area contributed by atoms with Crippen LogP contribution in [0.15, 0.2) is 59.7 Å². The van der Waals surface area contributed by atoms with Gasteiger partial charge < -0.3 is 23.8 Å². The van der Waals surface area contributed by atoms with E-state index in [9.17, 15) is 4.79 Å². The zero-order valence-corrected chi connectivity index (χ0v) is 16.4. The number of hydrogen-bond acceptors (Lipinski definition) is 4. The molecule has 1 saturated heterocycles. The van der Waals surface area contributed by atoms with E-state index in [1.165, 1.54) is 0 Å². The Balaban J connectivity index is 1.66. The van der Waals surface area contributed by atoms with Crippen LogP contribution in [-0.2, 0) is 17.8 Å². The average molecular weight is 394 g/mol. The summed E-state index contributed by atoms with van der Waals surface area (Å²) in [6.07, 6.45) is 6.66. The number of furan rings is 1. The van der Waals surface area contributed by atoms with Crippen molar-refractivity contribution in [2.24, 2.45) is 0 Å². The Labute approximate surface area is 170 Å². The van der Waals surface area contributed by atoms with Crippen molar-refractivity contribution in [1.82, 2.24) is 9.88 Å². The van der Waals surface area contributed by atoms with Crippen LogP contribution >= 0.6 is 0 Å². The van der Waals surface area contributed by atoms with Gasteiger partial charge in [0.2, 0.25) is 0 Å². The Kier molecular flexibility index (Phi) is 6.00. The number of carbonyl (C=O) groups excluding carboxylic acids is 1. The topological polar surface area (TPSA) is 65.6 Å². The highest BCUT2D eigenvalue weighted by atomic mass is 16.5. The summed E-state index contributed by atoms with van der Waals surface area (Å²) in [6, 6.07) is 11.4. The van der Waals surface area contributed by atoms with Crippen molar-refractivity contribution in [2.75, 3.05) is 13.2 Å². The van der Waals surface area contributed by atoms with Crippen molar-refractivity contribution >= 4 is 16.8 Å². The molecular formula is C23H26N2O4. The summed E-state index contributed by atoms with van der Waals surface area (Å²) in [5.41, 5.74) is 1.55. The standard InChI is InChI=1S/C23H26N2O4/c1-2-11-29-22-10-5-9-20-19(22)14-21(23(26)24-15-17-8-6-13-27-17)25(20)16-18-7-3-4-12-28-18/h2,5-6,8-10,13-14,18H,1,3-4,7,11-12,15-16H2,(H,24,26)/t18-/m1/s1. The quantitative estimate of drug-likeness (QED) is 0.579. The summed E-state index contributed by atoms with van der Waals surface area (Å²) in [7, 11) is 0. The lowest BCUT2D eigenvalue weighted by molar-refractivity contribution is 0.00637. The monoisotopic (exact) mass is 394 g/mol. The molecule has 1 aliphatic rings. The summed E-state index contributed by atoms with van der Waals surface area (Å²) < 4.78 is 19.1. The van der Waals surface area contributed by atoms with Gasteiger partial charge in [0.05, 0.1) is 24.4 Å². The molecule has 0 unspecified atom stereocenters. The Bertz CT molecular complexity index is 968. The number of rotatable bonds is 8. The summed E-state index contributed by atoms with van der Waals surface area (Å²) >= 11 is 0. The molecule has 4 rings (SSSR count). The van der Waals surface area contributed by atoms with E-state index in [1.807, 2.05) is 41.0 Å². The Morgan fingerprint density at radius 2 is 2.24 bits per heavy atom. The molecule has 0 saturated carbocycles. The third-order valence-corrected chi connectivity index (χ3v) is 5.16. The van der Waals surface area contributed by atoms with Crippen molar-refractivity contribution in [2.45, 2.75) is 38.5 Å². The van der Waals surface area contributed by atoms with E-state index in [1.54, 1.807) is 12.3 Å². The fourth-order valence-corrected chi connectivity index (χ4v) is 3.74. The molecule has 1 atom stereocenters. The first-order chi connectivity index (χ1) is 14.3. The second-order valence-corrected chi connectivity index (χ2v) is 7.18. The molecule has 6 heteroatoms. The number of nitrogens with zero attached hydrogens (tertiary/aromatic N) is 1. The molecule has 1 aromatic carbocycles. The highest BCUT2D eigenvalue weighted by molar-refractivity contribution is 6.00. The van der Waals surface area contributed by atoms with E-state index in [0.717, 1.165) is 42.5 Å². The van der Waals surface area contributed by atoms with E-state index < -0.39 is 0 Å². The molecule has 3 heterocycles. The lowest BCUT2D eigenvalue weighted by Crippen LogP contribution is -2.29. The number of carbonyl (C=O) groups is 1. The Hall–Kier alpha value is -2.99. The van der Waals surface area contributed by atoms with Crippen LogP contribution in [0.25, 0.3) is 10.9 Å². The Morgan fingerprint density at radius 3 is 3.00 bits per heavy atom. The molecule has 2 aromatic heterocycles. The lowest BCUT2D eigenvalue weighted by Gasteiger charge is -2.24. The van der Waals surface area contributed by atoms with Crippen molar-refractivity contribution in [3.63, 3.8) is 0 Å². The minimum Gasteiger partial charge on any atom is -0.489 e. The molecule has 1 aliphatic heterocycles. The predicted octanol–water partition coefficient (Wildman–Crippen LogP) is 4.30. The largest absolute Gasteiger partial charge is 0.489 e. The first-order valence-electron chi connectivity index (χ1n) is 10.0. The van der Waals surface area contributed by atoms with Crippen LogP contribution < -0.4 is 10.1 Å². The zero-order chi connectivity index (χ0) is 20.1. The zero-order valence-electron chi connectivity index (χ0n) is 16.4. The van der Waals surface area contributed by atoms with Crippen LogP contribution in [0.4, 0.5) is 0 Å². The van der Waals surface area contributed by atoms with E-state index in [-0.39, 0.29) is 12.0 Å². The van der Waals surface area contributed by atoms with Gasteiger partial charge in [-0.05, 0) is 49.6 Å². The summed E-state index contributed by atoms with van der Waals surface area (Å²) in [5.74, 6) is 1.31. The van der Waals surface area contributed by atoms with E-state index in [4.69, 9.17) is 13.9 Å². The molecule has 6 nitrogen and oxygen atoms in total. The molecule has 0 spiro atoms. The minimum absolute atomic E-state index is 0.105. The van der Waals surface area contributed by atoms with Gasteiger partial charge in [-0.3, -0.25) is 4.79 Å². The van der Waals surface area contributed by atoms with Crippen LogP contribution in [0.5, 0.6) is 5.75 Å². The maximum absolute atomic E-state index is 13.0. The van der Waals surface area contributed by atoms with E-state index in [2.05, 4.69) is 11.9 Å². The average Bonchev–Trinajstić information content (AvgIpc) is 3.40. The lowest BCUT2D eigenvalue weighted by atomic mass is 10.1. The molecule has 1 fully saturated rings. The molecule has 1 N–H and O–H groups in total. The fourth-order valence-electron chi connectivity index (χ4n) is 3.74. The minimum atomic E-state index is -0.150. The van der Waals surface area contributed by atoms with Crippen molar-refractivity contribution in [1.29, 1.82) is 0 Å². The molecule has 3 aromatic rings. The maximum atomic E-state index is 13.0. The fraction of sp³-hybridized carbons (Fsp3) is 0.348. The number of nitrogens with one attached hydrogen (secondary N) is 1. The second kappa shape index (κ2) is 9.01. The van der Waals surface area contributed by atoms with Crippen LogP contribution in [0.2, 0.25) is 0 Å². The Morgan fingerprint density at radius 1 is 1.31 bits per heavy atom. The summed E-state index contributed by atoms with van der Waals surface area (Å²) in [5, 5.41) is 3.86. The van der Waals surface area contributed by atoms with E-state index >= 15 is 0 Å². The molecular weight excluding hydrogens is 368 g/mol. The van der Waals surface area contributed by atoms with Gasteiger partial charge in [0.25, 0.3) is 5.91 Å². The maximum Gasteiger partial charge on any atom is 0.268 e. The van der Waals surface area contributed by atoms with Crippen molar-refractivity contribution in [3.8, 4) is 5.75 Å². The first kappa shape index (κ1) is 19.3. The van der Waals surface area contributed by atoms with Crippen molar-refractivity contribution in [3.05, 3.63) is 66.8 Å². The van der Waals surface area contributed by atoms with Gasteiger partial charge in [0, 0.05) is 18.5 Å². The smallest absolute Gasteiger partial charge is 0.268 e. The molecule has 0 radical (unpaired) electrons. The highest BCUT2D eigenvalue weighted by Crippen LogP contribution is 2.30. The van der Waals surface area contributed by atoms with Crippen LogP contribution in [0.1, 0.15) is 35.5 Å². The van der Waals surface area contributed by atoms with Crippen LogP contribution in [-0.4, -0.2) is 29.8 Å². The molecule has 0 aliphatic carbocycles. The number of aromatic nitrogens is 1. The van der Waals surface area contributed by atoms with Gasteiger partial charge in [-0.25, -0.2) is 0 Å². The SMILES string of the molecule is C=CCOc1cccc2c1cc(C(=O)NCc1ccco1)n2C[C@H]1CCCCO1. The summed E-state index contributed by atoms with van der Waals surface area (Å²) in [4.78, 5) is 13.0. The van der Waals surface area contributed by atoms with Gasteiger partial charge in [-0.2, -0.15) is 0 Å². The third-order valence-electron chi connectivity index (χ3n) is 5.16. The molecule has 0 bridgehead atoms. The molecule has 1 amide bonds. The highest BCUT2D eigenvalue weighted by Gasteiger charge is 2.22. The molecule has 29 heavy (non-hydrogen) atoms. The van der Waals surface area contributed by atoms with Gasteiger partial charge in [0.1, 0.15) is 23.8 Å². The second-order valence-electron chi connectivity index (χ2n) is 7.18. The number of amides is 1. The number of fused-ring (bicyclic) bond motifs is 1. The number of hydrogen-bond donors (Lipinski definition) is 1. The number of ether oxygens (including phenoxy) is 2. The van der Waals surface area contributed by atoms with Gasteiger partial charge >= 0.3 is 0 Å². The number of benzene rings is 1. The third kappa shape index (κ3) is 4.38. The van der Waals surface area contributed by atoms with Gasteiger partial charge in [-0.1, -0.05) is 18.7 Å². The normalized spacial score (nSPS) is 16.6. The van der Waals surface area contributed by atoms with Crippen LogP contribution in [0, 0.1) is 0 Å². The van der Waals surface area contributed by atoms with Crippen LogP contribution in [0.3, 0.4) is 0 Å². The van der Waals surface area contributed by atoms with Gasteiger partial charge in [0.15, 0.2) is 0 Å². The van der Waals surface area contributed by atoms with E-state index in [0.29, 0.717) is 31.2 Å². The molecule has 152 valence electrons. The predicted molar refractivity (Wildman–Crippen MR) is 111 cm³/mol. The van der Waals surface area contributed by atoms with Gasteiger partial charge in [-0.15, -0.1) is 0 Å². The first-order valence-corrected chi connectivity index (χ1v) is 10.0. The summed E-state index contributed by atoms with van der Waals surface area (Å²) in [6.45, 7) is 5.88. The van der Waals surface area contributed by atoms with Crippen molar-refractivity contribution < 1.29 is 18.7 Å².